The van der Waals surface area contributed by atoms with Crippen LogP contribution in [-0.2, 0) is 14.2 Å². The van der Waals surface area contributed by atoms with Crippen molar-refractivity contribution in [2.45, 2.75) is 96.4 Å². The molecule has 0 spiro atoms. The summed E-state index contributed by atoms with van der Waals surface area (Å²) in [5.74, 6) is 2.19. The molecule has 0 bridgehead atoms. The Morgan fingerprint density at radius 3 is 2.26 bits per heavy atom. The Morgan fingerprint density at radius 1 is 0.903 bits per heavy atom. The molecule has 3 rings (SSSR count). The maximum atomic E-state index is 12.4. The predicted molar refractivity (Wildman–Crippen MR) is 120 cm³/mol. The van der Waals surface area contributed by atoms with Gasteiger partial charge in [-0.1, -0.05) is 25.0 Å². The van der Waals surface area contributed by atoms with E-state index in [0.29, 0.717) is 5.92 Å². The van der Waals surface area contributed by atoms with Crippen LogP contribution in [0.25, 0.3) is 0 Å². The Kier molecular flexibility index (Phi) is 11.0. The number of hydrogen-bond acceptors (Lipinski definition) is 3. The van der Waals surface area contributed by atoms with E-state index < -0.39 is 6.08 Å². The Labute approximate surface area is 187 Å². The van der Waals surface area contributed by atoms with Gasteiger partial charge >= 0.3 is 0 Å². The summed E-state index contributed by atoms with van der Waals surface area (Å²) in [4.78, 5) is 0. The molecule has 0 aromatic rings. The normalized spacial score (nSPS) is 34.7. The summed E-state index contributed by atoms with van der Waals surface area (Å²) in [6.45, 7) is 4.59. The molecule has 0 amide bonds. The molecule has 3 aliphatic rings. The second-order valence-corrected chi connectivity index (χ2v) is 9.79. The maximum Gasteiger partial charge on any atom is 0.266 e. The molecule has 1 heterocycles. The van der Waals surface area contributed by atoms with Crippen molar-refractivity contribution >= 4 is 0 Å². The van der Waals surface area contributed by atoms with Gasteiger partial charge in [0, 0.05) is 18.9 Å². The van der Waals surface area contributed by atoms with Gasteiger partial charge in [-0.2, -0.15) is 8.78 Å². The number of allylic oxidation sites excluding steroid dienone is 3. The van der Waals surface area contributed by atoms with Gasteiger partial charge in [0.05, 0.1) is 19.3 Å². The lowest BCUT2D eigenvalue weighted by Gasteiger charge is -2.37. The van der Waals surface area contributed by atoms with Gasteiger partial charge < -0.3 is 14.2 Å². The average Bonchev–Trinajstić information content (AvgIpc) is 2.79. The van der Waals surface area contributed by atoms with Gasteiger partial charge in [-0.15, -0.1) is 0 Å². The van der Waals surface area contributed by atoms with Crippen LogP contribution in [0.1, 0.15) is 84.0 Å². The number of hydrogen-bond donors (Lipinski definition) is 0. The van der Waals surface area contributed by atoms with E-state index in [1.54, 1.807) is 0 Å². The molecule has 5 heteroatoms. The summed E-state index contributed by atoms with van der Waals surface area (Å²) in [6, 6.07) is 0. The van der Waals surface area contributed by atoms with Crippen LogP contribution in [0.4, 0.5) is 8.78 Å². The molecule has 3 nitrogen and oxygen atoms in total. The van der Waals surface area contributed by atoms with Gasteiger partial charge in [0.1, 0.15) is 0 Å². The molecule has 0 N–H and O–H groups in total. The zero-order valence-corrected chi connectivity index (χ0v) is 19.3. The fourth-order valence-corrected chi connectivity index (χ4v) is 5.57. The third-order valence-corrected chi connectivity index (χ3v) is 7.55. The third kappa shape index (κ3) is 8.94. The number of rotatable bonds is 10. The van der Waals surface area contributed by atoms with Crippen molar-refractivity contribution < 1.29 is 23.0 Å². The molecular formula is C26H42F2O3. The molecule has 0 aromatic carbocycles. The van der Waals surface area contributed by atoms with Crippen LogP contribution in [0.15, 0.2) is 24.3 Å². The van der Waals surface area contributed by atoms with Gasteiger partial charge in [0.25, 0.3) is 6.08 Å². The van der Waals surface area contributed by atoms with Crippen LogP contribution in [-0.4, -0.2) is 32.2 Å². The highest BCUT2D eigenvalue weighted by molar-refractivity contribution is 4.91. The molecule has 1 aliphatic heterocycles. The number of halogens is 2. The molecular weight excluding hydrogens is 398 g/mol. The molecule has 2 aliphatic carbocycles. The number of ether oxygens (including phenoxy) is 3. The summed E-state index contributed by atoms with van der Waals surface area (Å²) in [5, 5.41) is 0. The van der Waals surface area contributed by atoms with E-state index in [4.69, 9.17) is 14.2 Å². The minimum Gasteiger partial charge on any atom is -0.378 e. The largest absolute Gasteiger partial charge is 0.378 e. The fraction of sp³-hybridized carbons (Fsp3) is 0.846. The highest BCUT2D eigenvalue weighted by Crippen LogP contribution is 2.37. The second kappa shape index (κ2) is 13.7. The highest BCUT2D eigenvalue weighted by Gasteiger charge is 2.31. The van der Waals surface area contributed by atoms with Crippen molar-refractivity contribution in [2.24, 2.45) is 23.7 Å². The molecule has 0 atom stereocenters. The fourth-order valence-electron chi connectivity index (χ4n) is 5.57. The second-order valence-electron chi connectivity index (χ2n) is 9.79. The van der Waals surface area contributed by atoms with Gasteiger partial charge in [0.2, 0.25) is 0 Å². The van der Waals surface area contributed by atoms with Crippen molar-refractivity contribution in [1.29, 1.82) is 0 Å². The average molecular weight is 441 g/mol. The van der Waals surface area contributed by atoms with Crippen molar-refractivity contribution in [1.82, 2.24) is 0 Å². The van der Waals surface area contributed by atoms with Gasteiger partial charge in [-0.05, 0) is 88.5 Å². The van der Waals surface area contributed by atoms with E-state index in [1.165, 1.54) is 32.1 Å². The smallest absolute Gasteiger partial charge is 0.266 e. The van der Waals surface area contributed by atoms with E-state index >= 15 is 0 Å². The molecule has 2 saturated carbocycles. The Morgan fingerprint density at radius 2 is 1.61 bits per heavy atom. The summed E-state index contributed by atoms with van der Waals surface area (Å²) in [6.07, 6.45) is 17.2. The Hall–Kier alpha value is -0.780. The minimum atomic E-state index is -1.54. The molecule has 178 valence electrons. The molecule has 0 unspecified atom stereocenters. The third-order valence-electron chi connectivity index (χ3n) is 7.55. The lowest BCUT2D eigenvalue weighted by atomic mass is 9.75. The van der Waals surface area contributed by atoms with Crippen LogP contribution in [0, 0.1) is 23.7 Å². The minimum absolute atomic E-state index is 0.0137. The summed E-state index contributed by atoms with van der Waals surface area (Å²) < 4.78 is 42.7. The zero-order valence-electron chi connectivity index (χ0n) is 19.3. The quantitative estimate of drug-likeness (QED) is 0.264. The first-order chi connectivity index (χ1) is 15.1. The van der Waals surface area contributed by atoms with Crippen LogP contribution in [0.2, 0.25) is 0 Å². The van der Waals surface area contributed by atoms with Gasteiger partial charge in [0.15, 0.2) is 6.29 Å². The predicted octanol–water partition coefficient (Wildman–Crippen LogP) is 7.27. The van der Waals surface area contributed by atoms with Crippen LogP contribution < -0.4 is 0 Å². The van der Waals surface area contributed by atoms with Crippen molar-refractivity contribution in [3.63, 3.8) is 0 Å². The first-order valence-electron chi connectivity index (χ1n) is 12.6. The van der Waals surface area contributed by atoms with Crippen molar-refractivity contribution in [3.05, 3.63) is 24.3 Å². The van der Waals surface area contributed by atoms with E-state index in [2.05, 4.69) is 12.2 Å². The van der Waals surface area contributed by atoms with Crippen LogP contribution >= 0.6 is 0 Å². The standard InChI is InChI=1S/C26H42F2O3/c1-2-3-4-7-26-30-18-23(19-31-26)22-12-8-20(9-13-22)6-5-16-29-24-14-10-21(11-15-24)17-25(27)28/h2-3,17,20-24,26H,4-16,18-19H2,1H3. The van der Waals surface area contributed by atoms with E-state index in [1.807, 2.05) is 6.92 Å². The molecule has 3 fully saturated rings. The molecule has 31 heavy (non-hydrogen) atoms. The highest BCUT2D eigenvalue weighted by atomic mass is 19.3. The maximum absolute atomic E-state index is 12.4. The Balaban J connectivity index is 1.21. The first-order valence-corrected chi connectivity index (χ1v) is 12.6. The van der Waals surface area contributed by atoms with Crippen LogP contribution in [0.5, 0.6) is 0 Å². The van der Waals surface area contributed by atoms with Gasteiger partial charge in [-0.3, -0.25) is 0 Å². The summed E-state index contributed by atoms with van der Waals surface area (Å²) >= 11 is 0. The monoisotopic (exact) mass is 440 g/mol. The molecule has 1 saturated heterocycles. The van der Waals surface area contributed by atoms with Crippen molar-refractivity contribution in [2.75, 3.05) is 19.8 Å². The Bertz CT molecular complexity index is 537. The SMILES string of the molecule is CC=CCCC1OCC(C2CCC(CCCOC3CCC(C=C(F)F)CC3)CC2)CO1. The summed E-state index contributed by atoms with van der Waals surface area (Å²) in [5.41, 5.74) is 0. The van der Waals surface area contributed by atoms with Crippen LogP contribution in [0.3, 0.4) is 0 Å². The zero-order chi connectivity index (χ0) is 21.9. The topological polar surface area (TPSA) is 27.7 Å². The molecule has 0 radical (unpaired) electrons. The lowest BCUT2D eigenvalue weighted by molar-refractivity contribution is -0.211. The molecule has 0 aromatic heterocycles. The lowest BCUT2D eigenvalue weighted by Crippen LogP contribution is -2.37. The van der Waals surface area contributed by atoms with E-state index in [-0.39, 0.29) is 18.3 Å². The van der Waals surface area contributed by atoms with E-state index in [0.717, 1.165) is 82.7 Å². The first kappa shape index (κ1) is 24.9. The van der Waals surface area contributed by atoms with Crippen molar-refractivity contribution in [3.8, 4) is 0 Å². The van der Waals surface area contributed by atoms with Gasteiger partial charge in [-0.25, -0.2) is 0 Å². The summed E-state index contributed by atoms with van der Waals surface area (Å²) in [7, 11) is 0. The van der Waals surface area contributed by atoms with E-state index in [9.17, 15) is 8.78 Å².